The molecule has 2 atom stereocenters. The van der Waals surface area contributed by atoms with Crippen LogP contribution >= 0.6 is 0 Å². The summed E-state index contributed by atoms with van der Waals surface area (Å²) in [7, 11) is 0. The molecule has 1 unspecified atom stereocenters. The first-order valence-corrected chi connectivity index (χ1v) is 9.57. The molecule has 1 saturated heterocycles. The van der Waals surface area contributed by atoms with Crippen LogP contribution < -0.4 is 5.32 Å². The highest BCUT2D eigenvalue weighted by Gasteiger charge is 2.25. The average Bonchev–Trinajstić information content (AvgIpc) is 2.99. The Kier molecular flexibility index (Phi) is 10.4. The smallest absolute Gasteiger partial charge is 0.0700 e. The Bertz CT molecular complexity index is 238. The van der Waals surface area contributed by atoms with Gasteiger partial charge in [0.1, 0.15) is 0 Å². The molecular weight excluding hydrogens is 258 g/mol. The highest BCUT2D eigenvalue weighted by Crippen LogP contribution is 2.23. The summed E-state index contributed by atoms with van der Waals surface area (Å²) in [4.78, 5) is 0. The van der Waals surface area contributed by atoms with Crippen LogP contribution in [0.4, 0.5) is 0 Å². The van der Waals surface area contributed by atoms with Crippen molar-refractivity contribution in [3.8, 4) is 0 Å². The number of hydrogen-bond acceptors (Lipinski definition) is 2. The summed E-state index contributed by atoms with van der Waals surface area (Å²) < 4.78 is 5.77. The van der Waals surface area contributed by atoms with Crippen molar-refractivity contribution in [2.75, 3.05) is 13.2 Å². The van der Waals surface area contributed by atoms with E-state index in [0.717, 1.165) is 13.2 Å². The molecule has 0 aromatic rings. The topological polar surface area (TPSA) is 21.3 Å². The van der Waals surface area contributed by atoms with E-state index in [4.69, 9.17) is 4.74 Å². The minimum atomic E-state index is 0.327. The molecule has 2 nitrogen and oxygen atoms in total. The maximum atomic E-state index is 5.77. The van der Waals surface area contributed by atoms with E-state index in [0.29, 0.717) is 11.6 Å². The third-order valence-corrected chi connectivity index (χ3v) is 4.94. The Balaban J connectivity index is 2.28. The lowest BCUT2D eigenvalue weighted by Gasteiger charge is -2.32. The number of rotatable bonds is 13. The highest BCUT2D eigenvalue weighted by atomic mass is 16.5. The monoisotopic (exact) mass is 297 g/mol. The van der Waals surface area contributed by atoms with Crippen LogP contribution in [0.15, 0.2) is 0 Å². The van der Waals surface area contributed by atoms with Crippen LogP contribution in [0.3, 0.4) is 0 Å². The van der Waals surface area contributed by atoms with Gasteiger partial charge in [0.25, 0.3) is 0 Å². The fourth-order valence-electron chi connectivity index (χ4n) is 3.35. The second-order valence-electron chi connectivity index (χ2n) is 7.20. The Morgan fingerprint density at radius 1 is 0.952 bits per heavy atom. The summed E-state index contributed by atoms with van der Waals surface area (Å²) in [6.07, 6.45) is 16.6. The van der Waals surface area contributed by atoms with Gasteiger partial charge in [0.15, 0.2) is 0 Å². The maximum Gasteiger partial charge on any atom is 0.0700 e. The van der Waals surface area contributed by atoms with Gasteiger partial charge in [-0.3, -0.25) is 0 Å². The van der Waals surface area contributed by atoms with Crippen LogP contribution in [-0.4, -0.2) is 24.8 Å². The summed E-state index contributed by atoms with van der Waals surface area (Å²) in [6, 6.07) is 0. The maximum absolute atomic E-state index is 5.77. The third-order valence-electron chi connectivity index (χ3n) is 4.94. The molecule has 126 valence electrons. The first-order valence-electron chi connectivity index (χ1n) is 9.57. The van der Waals surface area contributed by atoms with E-state index >= 15 is 0 Å². The van der Waals surface area contributed by atoms with E-state index in [1.54, 1.807) is 0 Å². The molecule has 0 saturated carbocycles. The number of nitrogens with one attached hydrogen (secondary N) is 1. The van der Waals surface area contributed by atoms with E-state index in [9.17, 15) is 0 Å². The van der Waals surface area contributed by atoms with Crippen molar-refractivity contribution in [2.24, 2.45) is 0 Å². The lowest BCUT2D eigenvalue weighted by molar-refractivity contribution is 0.0990. The molecule has 1 N–H and O–H groups in total. The molecule has 0 bridgehead atoms. The zero-order valence-electron chi connectivity index (χ0n) is 14.9. The standard InChI is InChI=1S/C19H39NO/c1-4-6-8-9-11-15-19(3,14-10-7-5-2)20-17-18-13-12-16-21-18/h18,20H,4-17H2,1-3H3/t18-,19?/m0/s1. The molecule has 1 aliphatic heterocycles. The predicted octanol–water partition coefficient (Wildman–Crippen LogP) is 5.45. The summed E-state index contributed by atoms with van der Waals surface area (Å²) >= 11 is 0. The van der Waals surface area contributed by atoms with Crippen molar-refractivity contribution in [3.05, 3.63) is 0 Å². The summed E-state index contributed by atoms with van der Waals surface area (Å²) in [5.74, 6) is 0. The largest absolute Gasteiger partial charge is 0.377 e. The van der Waals surface area contributed by atoms with Crippen LogP contribution in [0.25, 0.3) is 0 Å². The van der Waals surface area contributed by atoms with Gasteiger partial charge in [-0.15, -0.1) is 0 Å². The van der Waals surface area contributed by atoms with Gasteiger partial charge in [-0.1, -0.05) is 65.2 Å². The summed E-state index contributed by atoms with van der Waals surface area (Å²) in [5.41, 5.74) is 0.327. The molecule has 21 heavy (non-hydrogen) atoms. The first kappa shape index (κ1) is 19.0. The van der Waals surface area contributed by atoms with Gasteiger partial charge in [0.05, 0.1) is 6.10 Å². The normalized spacial score (nSPS) is 21.6. The fraction of sp³-hybridized carbons (Fsp3) is 1.00. The highest BCUT2D eigenvalue weighted by molar-refractivity contribution is 4.85. The van der Waals surface area contributed by atoms with Crippen molar-refractivity contribution < 1.29 is 4.74 Å². The van der Waals surface area contributed by atoms with E-state index in [1.807, 2.05) is 0 Å². The van der Waals surface area contributed by atoms with Crippen LogP contribution in [0.5, 0.6) is 0 Å². The van der Waals surface area contributed by atoms with E-state index in [2.05, 4.69) is 26.1 Å². The zero-order valence-corrected chi connectivity index (χ0v) is 14.9. The molecule has 0 aromatic carbocycles. The van der Waals surface area contributed by atoms with Crippen molar-refractivity contribution in [3.63, 3.8) is 0 Å². The fourth-order valence-corrected chi connectivity index (χ4v) is 3.35. The Morgan fingerprint density at radius 3 is 2.19 bits per heavy atom. The van der Waals surface area contributed by atoms with Gasteiger partial charge in [-0.2, -0.15) is 0 Å². The molecule has 1 aliphatic rings. The minimum absolute atomic E-state index is 0.327. The average molecular weight is 298 g/mol. The van der Waals surface area contributed by atoms with Gasteiger partial charge < -0.3 is 10.1 Å². The molecule has 0 spiro atoms. The number of unbranched alkanes of at least 4 members (excludes halogenated alkanes) is 6. The van der Waals surface area contributed by atoms with Gasteiger partial charge in [-0.25, -0.2) is 0 Å². The van der Waals surface area contributed by atoms with Crippen LogP contribution in [0, 0.1) is 0 Å². The predicted molar refractivity (Wildman–Crippen MR) is 92.9 cm³/mol. The SMILES string of the molecule is CCCCCCCC(C)(CCCCC)NC[C@@H]1CCCO1. The van der Waals surface area contributed by atoms with E-state index < -0.39 is 0 Å². The Morgan fingerprint density at radius 2 is 1.57 bits per heavy atom. The second-order valence-corrected chi connectivity index (χ2v) is 7.20. The summed E-state index contributed by atoms with van der Waals surface area (Å²) in [6.45, 7) is 9.05. The first-order chi connectivity index (χ1) is 10.2. The number of ether oxygens (including phenoxy) is 1. The number of hydrogen-bond donors (Lipinski definition) is 1. The molecule has 1 fully saturated rings. The van der Waals surface area contributed by atoms with Crippen molar-refractivity contribution in [1.82, 2.24) is 5.32 Å². The van der Waals surface area contributed by atoms with Crippen molar-refractivity contribution in [2.45, 2.75) is 109 Å². The second kappa shape index (κ2) is 11.5. The van der Waals surface area contributed by atoms with Crippen LogP contribution in [0.1, 0.15) is 97.8 Å². The molecule has 0 aromatic heterocycles. The van der Waals surface area contributed by atoms with Crippen LogP contribution in [0.2, 0.25) is 0 Å². The summed E-state index contributed by atoms with van der Waals surface area (Å²) in [5, 5.41) is 3.86. The lowest BCUT2D eigenvalue weighted by atomic mass is 9.88. The molecular formula is C19H39NO. The quantitative estimate of drug-likeness (QED) is 0.456. The molecule has 0 aliphatic carbocycles. The minimum Gasteiger partial charge on any atom is -0.377 e. The Labute approximate surface area is 133 Å². The van der Waals surface area contributed by atoms with Gasteiger partial charge >= 0.3 is 0 Å². The van der Waals surface area contributed by atoms with Crippen LogP contribution in [-0.2, 0) is 4.74 Å². The van der Waals surface area contributed by atoms with E-state index in [-0.39, 0.29) is 0 Å². The van der Waals surface area contributed by atoms with Gasteiger partial charge in [-0.05, 0) is 32.6 Å². The molecule has 2 heteroatoms. The lowest BCUT2D eigenvalue weighted by Crippen LogP contribution is -2.45. The van der Waals surface area contributed by atoms with Crippen molar-refractivity contribution >= 4 is 0 Å². The third kappa shape index (κ3) is 8.83. The Hall–Kier alpha value is -0.0800. The molecule has 1 heterocycles. The van der Waals surface area contributed by atoms with Crippen molar-refractivity contribution in [1.29, 1.82) is 0 Å². The molecule has 0 radical (unpaired) electrons. The zero-order chi connectivity index (χ0) is 15.4. The molecule has 0 amide bonds. The van der Waals surface area contributed by atoms with E-state index in [1.165, 1.54) is 77.0 Å². The molecule has 1 rings (SSSR count). The van der Waals surface area contributed by atoms with Gasteiger partial charge in [0, 0.05) is 18.7 Å². The van der Waals surface area contributed by atoms with Gasteiger partial charge in [0.2, 0.25) is 0 Å².